The van der Waals surface area contributed by atoms with Crippen LogP contribution >= 0.6 is 0 Å². The van der Waals surface area contributed by atoms with Gasteiger partial charge in [0.1, 0.15) is 11.5 Å². The second kappa shape index (κ2) is 7.61. The van der Waals surface area contributed by atoms with Crippen LogP contribution in [0.1, 0.15) is 28.9 Å². The fourth-order valence-electron chi connectivity index (χ4n) is 2.53. The molecule has 3 rings (SSSR count). The molecular weight excluding hydrogens is 316 g/mol. The number of nitrogens with one attached hydrogen (secondary N) is 1. The number of carbonyl (C=O) groups is 1. The molecule has 2 aromatic heterocycles. The van der Waals surface area contributed by atoms with Crippen molar-refractivity contribution in [2.45, 2.75) is 20.4 Å². The van der Waals surface area contributed by atoms with Crippen LogP contribution in [0.5, 0.6) is 0 Å². The summed E-state index contributed by atoms with van der Waals surface area (Å²) >= 11 is 0. The van der Waals surface area contributed by atoms with Gasteiger partial charge in [-0.05, 0) is 44.2 Å². The Balaban J connectivity index is 1.82. The Morgan fingerprint density at radius 3 is 2.64 bits per heavy atom. The highest BCUT2D eigenvalue weighted by Crippen LogP contribution is 2.17. The van der Waals surface area contributed by atoms with E-state index >= 15 is 0 Å². The quantitative estimate of drug-likeness (QED) is 0.744. The summed E-state index contributed by atoms with van der Waals surface area (Å²) in [5, 5.41) is 3.09. The van der Waals surface area contributed by atoms with Gasteiger partial charge in [0, 0.05) is 17.9 Å². The van der Waals surface area contributed by atoms with E-state index in [9.17, 15) is 4.79 Å². The minimum Gasteiger partial charge on any atom is -0.467 e. The van der Waals surface area contributed by atoms with E-state index in [4.69, 9.17) is 4.42 Å². The Morgan fingerprint density at radius 1 is 1.16 bits per heavy atom. The Morgan fingerprint density at radius 2 is 1.96 bits per heavy atom. The third-order valence-electron chi connectivity index (χ3n) is 3.70. The van der Waals surface area contributed by atoms with E-state index in [0.29, 0.717) is 24.7 Å². The molecule has 0 fully saturated rings. The van der Waals surface area contributed by atoms with E-state index in [1.54, 1.807) is 17.2 Å². The third-order valence-corrected chi connectivity index (χ3v) is 3.70. The second-order valence-electron chi connectivity index (χ2n) is 5.54. The molecule has 0 saturated carbocycles. The van der Waals surface area contributed by atoms with Crippen LogP contribution in [0.25, 0.3) is 0 Å². The lowest BCUT2D eigenvalue weighted by molar-refractivity contribution is 0.0983. The summed E-state index contributed by atoms with van der Waals surface area (Å²) in [4.78, 5) is 23.3. The van der Waals surface area contributed by atoms with Crippen LogP contribution in [0.3, 0.4) is 0 Å². The van der Waals surface area contributed by atoms with Crippen molar-refractivity contribution in [3.05, 3.63) is 71.9 Å². The zero-order valence-corrected chi connectivity index (χ0v) is 14.3. The predicted octanol–water partition coefficient (Wildman–Crippen LogP) is 3.66. The summed E-state index contributed by atoms with van der Waals surface area (Å²) in [5.74, 6) is 1.03. The van der Waals surface area contributed by atoms with Gasteiger partial charge in [-0.15, -0.1) is 0 Å². The van der Waals surface area contributed by atoms with Gasteiger partial charge in [-0.25, -0.2) is 9.97 Å². The van der Waals surface area contributed by atoms with E-state index in [1.165, 1.54) is 0 Å². The number of furan rings is 1. The van der Waals surface area contributed by atoms with Crippen LogP contribution in [-0.2, 0) is 6.54 Å². The van der Waals surface area contributed by atoms with E-state index in [1.807, 2.05) is 56.3 Å². The molecule has 1 N–H and O–H groups in total. The molecule has 0 spiro atoms. The second-order valence-corrected chi connectivity index (χ2v) is 5.54. The first-order valence-corrected chi connectivity index (χ1v) is 8.16. The number of para-hydroxylation sites is 1. The van der Waals surface area contributed by atoms with Gasteiger partial charge >= 0.3 is 0 Å². The van der Waals surface area contributed by atoms with Crippen molar-refractivity contribution in [2.75, 3.05) is 16.8 Å². The van der Waals surface area contributed by atoms with Gasteiger partial charge in [-0.2, -0.15) is 0 Å². The van der Waals surface area contributed by atoms with Crippen LogP contribution < -0.4 is 10.2 Å². The SMILES string of the molecule is CCN(C(=O)c1cc(C)nc(NCc2ccco2)n1)c1ccccc1. The molecule has 1 aromatic carbocycles. The molecule has 0 aliphatic heterocycles. The lowest BCUT2D eigenvalue weighted by Gasteiger charge is -2.21. The van der Waals surface area contributed by atoms with Gasteiger partial charge in [-0.3, -0.25) is 4.79 Å². The monoisotopic (exact) mass is 336 g/mol. The number of anilines is 2. The molecule has 3 aromatic rings. The molecule has 0 aliphatic carbocycles. The van der Waals surface area contributed by atoms with Crippen LogP contribution in [-0.4, -0.2) is 22.4 Å². The van der Waals surface area contributed by atoms with Crippen molar-refractivity contribution in [3.63, 3.8) is 0 Å². The van der Waals surface area contributed by atoms with E-state index in [2.05, 4.69) is 15.3 Å². The van der Waals surface area contributed by atoms with Gasteiger partial charge in [0.15, 0.2) is 0 Å². The molecule has 128 valence electrons. The van der Waals surface area contributed by atoms with Crippen LogP contribution in [0.15, 0.2) is 59.2 Å². The highest BCUT2D eigenvalue weighted by molar-refractivity contribution is 6.04. The van der Waals surface area contributed by atoms with Gasteiger partial charge in [0.2, 0.25) is 5.95 Å². The third kappa shape index (κ3) is 4.03. The largest absolute Gasteiger partial charge is 0.467 e. The molecule has 0 aliphatic rings. The number of aromatic nitrogens is 2. The van der Waals surface area contributed by atoms with Crippen molar-refractivity contribution in [1.29, 1.82) is 0 Å². The number of amides is 1. The maximum absolute atomic E-state index is 12.9. The van der Waals surface area contributed by atoms with Crippen molar-refractivity contribution in [1.82, 2.24) is 9.97 Å². The molecule has 0 saturated heterocycles. The lowest BCUT2D eigenvalue weighted by atomic mass is 10.2. The Kier molecular flexibility index (Phi) is 5.09. The average molecular weight is 336 g/mol. The van der Waals surface area contributed by atoms with Crippen molar-refractivity contribution < 1.29 is 9.21 Å². The smallest absolute Gasteiger partial charge is 0.277 e. The van der Waals surface area contributed by atoms with Crippen LogP contribution in [0.2, 0.25) is 0 Å². The van der Waals surface area contributed by atoms with Crippen molar-refractivity contribution in [3.8, 4) is 0 Å². The minimum atomic E-state index is -0.153. The molecule has 1 amide bonds. The summed E-state index contributed by atoms with van der Waals surface area (Å²) < 4.78 is 5.28. The van der Waals surface area contributed by atoms with Gasteiger partial charge < -0.3 is 14.6 Å². The molecule has 25 heavy (non-hydrogen) atoms. The molecule has 0 radical (unpaired) electrons. The normalized spacial score (nSPS) is 10.5. The standard InChI is InChI=1S/C19H20N4O2/c1-3-23(15-8-5-4-6-9-15)18(24)17-12-14(2)21-19(22-17)20-13-16-10-7-11-25-16/h4-12H,3,13H2,1-2H3,(H,20,21,22). The topological polar surface area (TPSA) is 71.3 Å². The van der Waals surface area contributed by atoms with Crippen LogP contribution in [0.4, 0.5) is 11.6 Å². The van der Waals surface area contributed by atoms with Gasteiger partial charge in [0.05, 0.1) is 12.8 Å². The molecule has 6 nitrogen and oxygen atoms in total. The van der Waals surface area contributed by atoms with E-state index in [0.717, 1.165) is 17.1 Å². The lowest BCUT2D eigenvalue weighted by Crippen LogP contribution is -2.31. The molecule has 6 heteroatoms. The summed E-state index contributed by atoms with van der Waals surface area (Å²) in [6.07, 6.45) is 1.61. The maximum Gasteiger partial charge on any atom is 0.277 e. The maximum atomic E-state index is 12.9. The van der Waals surface area contributed by atoms with Crippen molar-refractivity contribution >= 4 is 17.5 Å². The number of nitrogens with zero attached hydrogens (tertiary/aromatic N) is 3. The highest BCUT2D eigenvalue weighted by Gasteiger charge is 2.18. The number of rotatable bonds is 6. The summed E-state index contributed by atoms with van der Waals surface area (Å²) in [7, 11) is 0. The first kappa shape index (κ1) is 16.7. The fraction of sp³-hybridized carbons (Fsp3) is 0.211. The molecular formula is C19H20N4O2. The highest BCUT2D eigenvalue weighted by atomic mass is 16.3. The summed E-state index contributed by atoms with van der Waals surface area (Å²) in [6, 6.07) is 14.9. The Labute approximate surface area is 146 Å². The number of hydrogen-bond donors (Lipinski definition) is 1. The number of aryl methyl sites for hydroxylation is 1. The Bertz CT molecular complexity index is 832. The van der Waals surface area contributed by atoms with Gasteiger partial charge in [0.25, 0.3) is 5.91 Å². The van der Waals surface area contributed by atoms with Crippen molar-refractivity contribution in [2.24, 2.45) is 0 Å². The molecule has 0 bridgehead atoms. The first-order chi connectivity index (χ1) is 12.2. The summed E-state index contributed by atoms with van der Waals surface area (Å²) in [5.41, 5.74) is 1.93. The van der Waals surface area contributed by atoms with E-state index in [-0.39, 0.29) is 5.91 Å². The summed E-state index contributed by atoms with van der Waals surface area (Å²) in [6.45, 7) is 4.80. The average Bonchev–Trinajstić information content (AvgIpc) is 3.14. The van der Waals surface area contributed by atoms with E-state index < -0.39 is 0 Å². The zero-order valence-electron chi connectivity index (χ0n) is 14.3. The predicted molar refractivity (Wildman–Crippen MR) is 96.6 cm³/mol. The number of hydrogen-bond acceptors (Lipinski definition) is 5. The zero-order chi connectivity index (χ0) is 17.6. The number of carbonyl (C=O) groups excluding carboxylic acids is 1. The molecule has 0 atom stereocenters. The minimum absolute atomic E-state index is 0.153. The van der Waals surface area contributed by atoms with Crippen LogP contribution in [0, 0.1) is 6.92 Å². The fourth-order valence-corrected chi connectivity index (χ4v) is 2.53. The Hall–Kier alpha value is -3.15. The molecule has 0 unspecified atom stereocenters. The molecule has 2 heterocycles. The first-order valence-electron chi connectivity index (χ1n) is 8.16. The van der Waals surface area contributed by atoms with Gasteiger partial charge in [-0.1, -0.05) is 18.2 Å². The number of benzene rings is 1.